The van der Waals surface area contributed by atoms with Gasteiger partial charge in [0.15, 0.2) is 5.65 Å². The maximum atomic E-state index is 12.6. The van der Waals surface area contributed by atoms with Gasteiger partial charge in [-0.1, -0.05) is 0 Å². The topological polar surface area (TPSA) is 73.9 Å². The van der Waals surface area contributed by atoms with Gasteiger partial charge < -0.3 is 15.2 Å². The quantitative estimate of drug-likeness (QED) is 0.762. The summed E-state index contributed by atoms with van der Waals surface area (Å²) in [6, 6.07) is 4.96. The molecule has 1 aliphatic heterocycles. The highest BCUT2D eigenvalue weighted by molar-refractivity contribution is 6.10. The third-order valence-electron chi connectivity index (χ3n) is 5.76. The average molecular weight is 349 g/mol. The minimum absolute atomic E-state index is 0.0566. The Hall–Kier alpha value is -2.63. The van der Waals surface area contributed by atoms with Crippen LogP contribution < -0.4 is 10.2 Å². The van der Waals surface area contributed by atoms with Crippen molar-refractivity contribution in [2.45, 2.75) is 44.7 Å². The van der Waals surface area contributed by atoms with E-state index in [1.807, 2.05) is 18.5 Å². The number of carbonyl (C=O) groups is 1. The summed E-state index contributed by atoms with van der Waals surface area (Å²) >= 11 is 0. The molecule has 3 aromatic rings. The van der Waals surface area contributed by atoms with E-state index in [-0.39, 0.29) is 11.8 Å². The lowest BCUT2D eigenvalue weighted by Crippen LogP contribution is -2.47. The van der Waals surface area contributed by atoms with Crippen LogP contribution in [0.15, 0.2) is 30.7 Å². The number of aromatic amines is 1. The Kier molecular flexibility index (Phi) is 3.58. The molecule has 0 unspecified atom stereocenters. The molecule has 1 saturated carbocycles. The third-order valence-corrected chi connectivity index (χ3v) is 5.76. The van der Waals surface area contributed by atoms with E-state index in [1.54, 1.807) is 6.20 Å². The SMILES string of the molecule is C[C@@H]1CC[C@H](C(=O)NC2CC2)CN1c1cc[nH]c2cnc3nccc3c12. The molecule has 4 heterocycles. The Bertz CT molecular complexity index is 977. The summed E-state index contributed by atoms with van der Waals surface area (Å²) in [5, 5.41) is 5.39. The number of nitrogens with one attached hydrogen (secondary N) is 2. The monoisotopic (exact) mass is 349 g/mol. The molecule has 5 rings (SSSR count). The Balaban J connectivity index is 1.54. The van der Waals surface area contributed by atoms with Crippen LogP contribution >= 0.6 is 0 Å². The largest absolute Gasteiger partial charge is 0.367 e. The number of fused-ring (bicyclic) bond motifs is 3. The van der Waals surface area contributed by atoms with Crippen molar-refractivity contribution in [1.82, 2.24) is 20.3 Å². The molecule has 134 valence electrons. The number of H-pyrrole nitrogens is 1. The van der Waals surface area contributed by atoms with E-state index in [2.05, 4.69) is 38.2 Å². The van der Waals surface area contributed by atoms with Crippen molar-refractivity contribution < 1.29 is 4.79 Å². The number of anilines is 1. The summed E-state index contributed by atoms with van der Waals surface area (Å²) < 4.78 is 0. The molecule has 1 amide bonds. The van der Waals surface area contributed by atoms with E-state index < -0.39 is 0 Å². The zero-order valence-electron chi connectivity index (χ0n) is 14.9. The van der Waals surface area contributed by atoms with Crippen molar-refractivity contribution >= 4 is 33.5 Å². The number of aromatic nitrogens is 3. The Labute approximate surface area is 152 Å². The second-order valence-corrected chi connectivity index (χ2v) is 7.65. The first kappa shape index (κ1) is 15.6. The summed E-state index contributed by atoms with van der Waals surface area (Å²) in [5.41, 5.74) is 2.93. The van der Waals surface area contributed by atoms with Gasteiger partial charge in [0, 0.05) is 47.5 Å². The lowest BCUT2D eigenvalue weighted by atomic mass is 9.91. The van der Waals surface area contributed by atoms with Gasteiger partial charge in [-0.15, -0.1) is 0 Å². The summed E-state index contributed by atoms with van der Waals surface area (Å²) in [7, 11) is 0. The zero-order valence-corrected chi connectivity index (χ0v) is 14.9. The highest BCUT2D eigenvalue weighted by Crippen LogP contribution is 2.35. The van der Waals surface area contributed by atoms with Crippen molar-refractivity contribution in [3.05, 3.63) is 30.7 Å². The van der Waals surface area contributed by atoms with Crippen molar-refractivity contribution in [1.29, 1.82) is 0 Å². The minimum atomic E-state index is 0.0566. The highest BCUT2D eigenvalue weighted by atomic mass is 16.2. The van der Waals surface area contributed by atoms with Gasteiger partial charge in [-0.25, -0.2) is 9.97 Å². The Morgan fingerprint density at radius 1 is 1.23 bits per heavy atom. The van der Waals surface area contributed by atoms with Crippen LogP contribution in [0.4, 0.5) is 5.69 Å². The lowest BCUT2D eigenvalue weighted by Gasteiger charge is -2.39. The van der Waals surface area contributed by atoms with Crippen LogP contribution in [-0.4, -0.2) is 39.5 Å². The number of nitrogens with zero attached hydrogens (tertiary/aromatic N) is 3. The summed E-state index contributed by atoms with van der Waals surface area (Å²) in [6.07, 6.45) is 9.86. The molecule has 0 spiro atoms. The smallest absolute Gasteiger partial charge is 0.225 e. The molecule has 1 saturated heterocycles. The number of amides is 1. The summed E-state index contributed by atoms with van der Waals surface area (Å²) in [5.74, 6) is 0.277. The molecule has 6 heteroatoms. The third kappa shape index (κ3) is 2.60. The van der Waals surface area contributed by atoms with Gasteiger partial charge in [0.25, 0.3) is 0 Å². The maximum absolute atomic E-state index is 12.6. The standard InChI is InChI=1S/C20H23N5O/c1-12-2-3-13(20(26)24-14-4-5-14)11-25(12)17-7-9-21-16-10-23-19-15(18(16)17)6-8-22-19/h6-10,12-14,21H,2-5,11H2,1H3,(H,24,26)/t12-,13+/m1/s1. The fourth-order valence-corrected chi connectivity index (χ4v) is 4.08. The normalized spacial score (nSPS) is 23.5. The molecule has 1 aliphatic carbocycles. The molecule has 2 atom stereocenters. The van der Waals surface area contributed by atoms with Crippen molar-refractivity contribution in [2.75, 3.05) is 11.4 Å². The molecular weight excluding hydrogens is 326 g/mol. The Morgan fingerprint density at radius 3 is 2.96 bits per heavy atom. The van der Waals surface area contributed by atoms with Gasteiger partial charge in [-0.2, -0.15) is 0 Å². The summed E-state index contributed by atoms with van der Waals surface area (Å²) in [6.45, 7) is 3.01. The van der Waals surface area contributed by atoms with Crippen LogP contribution in [0.5, 0.6) is 0 Å². The second-order valence-electron chi connectivity index (χ2n) is 7.65. The fourth-order valence-electron chi connectivity index (χ4n) is 4.08. The van der Waals surface area contributed by atoms with Gasteiger partial charge in [0.1, 0.15) is 0 Å². The molecule has 26 heavy (non-hydrogen) atoms. The highest BCUT2D eigenvalue weighted by Gasteiger charge is 2.33. The van der Waals surface area contributed by atoms with Crippen molar-refractivity contribution in [2.24, 2.45) is 5.92 Å². The first-order valence-electron chi connectivity index (χ1n) is 9.48. The van der Waals surface area contributed by atoms with E-state index in [4.69, 9.17) is 0 Å². The van der Waals surface area contributed by atoms with Gasteiger partial charge in [-0.3, -0.25) is 4.79 Å². The first-order chi connectivity index (χ1) is 12.7. The number of pyridine rings is 2. The maximum Gasteiger partial charge on any atom is 0.225 e. The van der Waals surface area contributed by atoms with Crippen LogP contribution in [0.2, 0.25) is 0 Å². The van der Waals surface area contributed by atoms with Crippen LogP contribution in [0.1, 0.15) is 32.6 Å². The zero-order chi connectivity index (χ0) is 17.7. The molecule has 2 aliphatic rings. The molecule has 2 fully saturated rings. The summed E-state index contributed by atoms with van der Waals surface area (Å²) in [4.78, 5) is 27.1. The number of carbonyl (C=O) groups excluding carboxylic acids is 1. The molecule has 0 aromatic carbocycles. The molecule has 6 nitrogen and oxygen atoms in total. The van der Waals surface area contributed by atoms with Gasteiger partial charge in [0.05, 0.1) is 17.6 Å². The van der Waals surface area contributed by atoms with E-state index in [9.17, 15) is 4.79 Å². The van der Waals surface area contributed by atoms with Gasteiger partial charge in [0.2, 0.25) is 5.91 Å². The van der Waals surface area contributed by atoms with Crippen LogP contribution in [-0.2, 0) is 4.79 Å². The fraction of sp³-hybridized carbons (Fsp3) is 0.450. The molecular formula is C20H23N5O. The first-order valence-corrected chi connectivity index (χ1v) is 9.48. The Morgan fingerprint density at radius 2 is 2.12 bits per heavy atom. The predicted octanol–water partition coefficient (Wildman–Crippen LogP) is 2.99. The van der Waals surface area contributed by atoms with Crippen LogP contribution in [0, 0.1) is 5.92 Å². The van der Waals surface area contributed by atoms with Crippen LogP contribution in [0.3, 0.4) is 0 Å². The predicted molar refractivity (Wildman–Crippen MR) is 102 cm³/mol. The van der Waals surface area contributed by atoms with E-state index in [1.165, 1.54) is 0 Å². The average Bonchev–Trinajstić information content (AvgIpc) is 3.33. The molecule has 0 bridgehead atoms. The number of hydrogen-bond acceptors (Lipinski definition) is 4. The molecule has 2 N–H and O–H groups in total. The number of rotatable bonds is 3. The molecule has 0 radical (unpaired) electrons. The lowest BCUT2D eigenvalue weighted by molar-refractivity contribution is -0.125. The second kappa shape index (κ2) is 5.97. The van der Waals surface area contributed by atoms with Crippen molar-refractivity contribution in [3.8, 4) is 0 Å². The van der Waals surface area contributed by atoms with E-state index >= 15 is 0 Å². The van der Waals surface area contributed by atoms with Crippen molar-refractivity contribution in [3.63, 3.8) is 0 Å². The van der Waals surface area contributed by atoms with Gasteiger partial charge >= 0.3 is 0 Å². The van der Waals surface area contributed by atoms with Gasteiger partial charge in [-0.05, 0) is 44.7 Å². The van der Waals surface area contributed by atoms with Crippen LogP contribution in [0.25, 0.3) is 21.9 Å². The van der Waals surface area contributed by atoms with E-state index in [0.717, 1.165) is 59.9 Å². The molecule has 3 aromatic heterocycles. The number of piperidine rings is 1. The minimum Gasteiger partial charge on any atom is -0.367 e. The number of hydrogen-bond donors (Lipinski definition) is 2. The van der Waals surface area contributed by atoms with E-state index in [0.29, 0.717) is 12.1 Å².